The quantitative estimate of drug-likeness (QED) is 0.362. The third kappa shape index (κ3) is 7.43. The van der Waals surface area contributed by atoms with Gasteiger partial charge in [-0.3, -0.25) is 14.9 Å². The van der Waals surface area contributed by atoms with Gasteiger partial charge in [-0.15, -0.1) is 10.2 Å². The van der Waals surface area contributed by atoms with E-state index in [4.69, 9.17) is 11.6 Å². The van der Waals surface area contributed by atoms with Crippen LogP contribution in [0.5, 0.6) is 0 Å². The zero-order valence-electron chi connectivity index (χ0n) is 18.0. The van der Waals surface area contributed by atoms with Crippen molar-refractivity contribution in [3.63, 3.8) is 0 Å². The SMILES string of the molecule is CCCCCCC(=O)N[C@H](Cc1ccccc1)C(=O)Nc1nnc(-c2ccc(Cl)cc2)s1. The molecule has 2 N–H and O–H groups in total. The van der Waals surface area contributed by atoms with Gasteiger partial charge in [0.05, 0.1) is 0 Å². The Morgan fingerprint density at radius 3 is 2.47 bits per heavy atom. The van der Waals surface area contributed by atoms with Gasteiger partial charge in [-0.25, -0.2) is 0 Å². The highest BCUT2D eigenvalue weighted by Crippen LogP contribution is 2.27. The Labute approximate surface area is 197 Å². The first-order chi connectivity index (χ1) is 15.5. The lowest BCUT2D eigenvalue weighted by Crippen LogP contribution is -2.45. The molecule has 0 spiro atoms. The van der Waals surface area contributed by atoms with E-state index in [1.54, 1.807) is 12.1 Å². The summed E-state index contributed by atoms with van der Waals surface area (Å²) in [5, 5.41) is 15.6. The maximum atomic E-state index is 13.0. The fourth-order valence-corrected chi connectivity index (χ4v) is 4.09. The lowest BCUT2D eigenvalue weighted by molar-refractivity contribution is -0.126. The third-order valence-electron chi connectivity index (χ3n) is 4.94. The van der Waals surface area contributed by atoms with E-state index in [9.17, 15) is 9.59 Å². The number of carbonyl (C=O) groups is 2. The summed E-state index contributed by atoms with van der Waals surface area (Å²) in [5.41, 5.74) is 1.84. The molecule has 2 amide bonds. The standard InChI is InChI=1S/C24H27ClN4O2S/c1-2-3-4-8-11-21(30)26-20(16-17-9-6-5-7-10-17)22(31)27-24-29-28-23(32-24)18-12-14-19(25)15-13-18/h5-7,9-10,12-15,20H,2-4,8,11,16H2,1H3,(H,26,30)(H,27,29,31)/t20-/m1/s1. The molecule has 0 bridgehead atoms. The number of aromatic nitrogens is 2. The Kier molecular flexibility index (Phi) is 9.19. The fourth-order valence-electron chi connectivity index (χ4n) is 3.21. The van der Waals surface area contributed by atoms with Crippen molar-refractivity contribution >= 4 is 39.9 Å². The van der Waals surface area contributed by atoms with Crippen molar-refractivity contribution in [2.75, 3.05) is 5.32 Å². The molecular formula is C24H27ClN4O2S. The zero-order chi connectivity index (χ0) is 22.8. The summed E-state index contributed by atoms with van der Waals surface area (Å²) in [6.45, 7) is 2.13. The molecule has 168 valence electrons. The molecule has 0 radical (unpaired) electrons. The van der Waals surface area contributed by atoms with E-state index in [-0.39, 0.29) is 11.8 Å². The van der Waals surface area contributed by atoms with Crippen molar-refractivity contribution in [2.45, 2.75) is 51.5 Å². The van der Waals surface area contributed by atoms with Crippen LogP contribution in [0, 0.1) is 0 Å². The van der Waals surface area contributed by atoms with Crippen LogP contribution in [0.25, 0.3) is 10.6 Å². The highest BCUT2D eigenvalue weighted by Gasteiger charge is 2.22. The number of nitrogens with zero attached hydrogens (tertiary/aromatic N) is 2. The largest absolute Gasteiger partial charge is 0.344 e. The summed E-state index contributed by atoms with van der Waals surface area (Å²) in [6, 6.07) is 16.2. The van der Waals surface area contributed by atoms with Crippen LogP contribution in [0.3, 0.4) is 0 Å². The maximum absolute atomic E-state index is 13.0. The Bertz CT molecular complexity index is 1010. The Morgan fingerprint density at radius 2 is 1.75 bits per heavy atom. The van der Waals surface area contributed by atoms with Gasteiger partial charge in [0, 0.05) is 23.4 Å². The van der Waals surface area contributed by atoms with E-state index in [0.29, 0.717) is 28.0 Å². The summed E-state index contributed by atoms with van der Waals surface area (Å²) in [7, 11) is 0. The molecule has 0 aliphatic carbocycles. The Morgan fingerprint density at radius 1 is 1.00 bits per heavy atom. The molecular weight excluding hydrogens is 444 g/mol. The first-order valence-corrected chi connectivity index (χ1v) is 12.0. The smallest absolute Gasteiger partial charge is 0.249 e. The van der Waals surface area contributed by atoms with E-state index in [1.807, 2.05) is 42.5 Å². The molecule has 2 aromatic carbocycles. The lowest BCUT2D eigenvalue weighted by Gasteiger charge is -2.18. The maximum Gasteiger partial charge on any atom is 0.249 e. The topological polar surface area (TPSA) is 84.0 Å². The van der Waals surface area contributed by atoms with Crippen molar-refractivity contribution in [2.24, 2.45) is 0 Å². The number of carbonyl (C=O) groups excluding carboxylic acids is 2. The molecule has 0 aliphatic heterocycles. The first kappa shape index (κ1) is 23.9. The first-order valence-electron chi connectivity index (χ1n) is 10.8. The molecule has 1 atom stereocenters. The number of halogens is 1. The number of unbranched alkanes of at least 4 members (excludes halogenated alkanes) is 3. The average molecular weight is 471 g/mol. The number of rotatable bonds is 11. The van der Waals surface area contributed by atoms with Crippen LogP contribution in [0.15, 0.2) is 54.6 Å². The molecule has 3 rings (SSSR count). The van der Waals surface area contributed by atoms with Crippen LogP contribution in [0.2, 0.25) is 5.02 Å². The molecule has 1 heterocycles. The molecule has 3 aromatic rings. The number of nitrogens with one attached hydrogen (secondary N) is 2. The van der Waals surface area contributed by atoms with Crippen molar-refractivity contribution in [1.29, 1.82) is 0 Å². The van der Waals surface area contributed by atoms with E-state index in [0.717, 1.165) is 36.8 Å². The van der Waals surface area contributed by atoms with E-state index in [1.165, 1.54) is 11.3 Å². The highest BCUT2D eigenvalue weighted by molar-refractivity contribution is 7.18. The minimum atomic E-state index is -0.695. The molecule has 0 unspecified atom stereocenters. The highest BCUT2D eigenvalue weighted by atomic mass is 35.5. The number of anilines is 1. The van der Waals surface area contributed by atoms with Gasteiger partial charge in [0.2, 0.25) is 16.9 Å². The van der Waals surface area contributed by atoms with Crippen LogP contribution in [0.1, 0.15) is 44.6 Å². The van der Waals surface area contributed by atoms with Crippen molar-refractivity contribution in [1.82, 2.24) is 15.5 Å². The molecule has 32 heavy (non-hydrogen) atoms. The summed E-state index contributed by atoms with van der Waals surface area (Å²) in [6.07, 6.45) is 4.86. The molecule has 8 heteroatoms. The summed E-state index contributed by atoms with van der Waals surface area (Å²) >= 11 is 7.21. The van der Waals surface area contributed by atoms with Crippen LogP contribution >= 0.6 is 22.9 Å². The van der Waals surface area contributed by atoms with Crippen LogP contribution in [-0.2, 0) is 16.0 Å². The second-order valence-electron chi connectivity index (χ2n) is 7.53. The van der Waals surface area contributed by atoms with Gasteiger partial charge in [-0.1, -0.05) is 91.6 Å². The zero-order valence-corrected chi connectivity index (χ0v) is 19.6. The summed E-state index contributed by atoms with van der Waals surface area (Å²) < 4.78 is 0. The summed E-state index contributed by atoms with van der Waals surface area (Å²) in [5.74, 6) is -0.425. The Hall–Kier alpha value is -2.77. The second kappa shape index (κ2) is 12.3. The molecule has 6 nitrogen and oxygen atoms in total. The monoisotopic (exact) mass is 470 g/mol. The molecule has 1 aromatic heterocycles. The molecule has 0 fully saturated rings. The minimum absolute atomic E-state index is 0.115. The van der Waals surface area contributed by atoms with Gasteiger partial charge < -0.3 is 5.32 Å². The average Bonchev–Trinajstić information content (AvgIpc) is 3.26. The second-order valence-corrected chi connectivity index (χ2v) is 8.94. The van der Waals surface area contributed by atoms with E-state index >= 15 is 0 Å². The lowest BCUT2D eigenvalue weighted by atomic mass is 10.0. The number of hydrogen-bond acceptors (Lipinski definition) is 5. The van der Waals surface area contributed by atoms with Gasteiger partial charge in [0.25, 0.3) is 0 Å². The molecule has 0 saturated carbocycles. The third-order valence-corrected chi connectivity index (χ3v) is 6.08. The number of hydrogen-bond donors (Lipinski definition) is 2. The van der Waals surface area contributed by atoms with Gasteiger partial charge in [0.15, 0.2) is 0 Å². The van der Waals surface area contributed by atoms with Crippen LogP contribution < -0.4 is 10.6 Å². The minimum Gasteiger partial charge on any atom is -0.344 e. The van der Waals surface area contributed by atoms with Gasteiger partial charge >= 0.3 is 0 Å². The van der Waals surface area contributed by atoms with Crippen molar-refractivity contribution in [3.05, 3.63) is 65.2 Å². The van der Waals surface area contributed by atoms with Gasteiger partial charge in [0.1, 0.15) is 11.0 Å². The van der Waals surface area contributed by atoms with Crippen LogP contribution in [0.4, 0.5) is 5.13 Å². The fraction of sp³-hybridized carbons (Fsp3) is 0.333. The van der Waals surface area contributed by atoms with Crippen molar-refractivity contribution in [3.8, 4) is 10.6 Å². The predicted molar refractivity (Wildman–Crippen MR) is 130 cm³/mol. The normalized spacial score (nSPS) is 11.7. The number of amides is 2. The van der Waals surface area contributed by atoms with E-state index in [2.05, 4.69) is 27.8 Å². The van der Waals surface area contributed by atoms with E-state index < -0.39 is 6.04 Å². The number of benzene rings is 2. The molecule has 0 aliphatic rings. The van der Waals surface area contributed by atoms with Gasteiger partial charge in [-0.2, -0.15) is 0 Å². The summed E-state index contributed by atoms with van der Waals surface area (Å²) in [4.78, 5) is 25.5. The van der Waals surface area contributed by atoms with Gasteiger partial charge in [-0.05, 0) is 24.1 Å². The van der Waals surface area contributed by atoms with Crippen molar-refractivity contribution < 1.29 is 9.59 Å². The predicted octanol–water partition coefficient (Wildman–Crippen LogP) is 5.49. The van der Waals surface area contributed by atoms with Crippen LogP contribution in [-0.4, -0.2) is 28.1 Å². The Balaban J connectivity index is 1.66. The molecule has 0 saturated heterocycles.